The number of carbonyl (C=O) groups excluding carboxylic acids is 4. The van der Waals surface area contributed by atoms with E-state index in [4.69, 9.17) is 0 Å². The Morgan fingerprint density at radius 2 is 1.39 bits per heavy atom. The number of nitro groups is 1. The van der Waals surface area contributed by atoms with Gasteiger partial charge in [0.25, 0.3) is 11.8 Å². The second kappa shape index (κ2) is 21.9. The van der Waals surface area contributed by atoms with Gasteiger partial charge in [-0.1, -0.05) is 73.4 Å². The second-order valence-electron chi connectivity index (χ2n) is 14.4. The van der Waals surface area contributed by atoms with Crippen LogP contribution in [-0.2, 0) is 22.3 Å². The smallest absolute Gasteiger partial charge is 0.376 e. The van der Waals surface area contributed by atoms with Gasteiger partial charge in [0.2, 0.25) is 17.6 Å². The van der Waals surface area contributed by atoms with Crippen LogP contribution in [0.2, 0.25) is 0 Å². The maximum atomic E-state index is 13.4. The lowest BCUT2D eigenvalue weighted by Crippen LogP contribution is -2.37. The molecule has 0 radical (unpaired) electrons. The molecule has 0 bridgehead atoms. The maximum absolute atomic E-state index is 13.4. The summed E-state index contributed by atoms with van der Waals surface area (Å²) in [4.78, 5) is 59.6. The van der Waals surface area contributed by atoms with Crippen LogP contribution in [0.3, 0.4) is 0 Å². The van der Waals surface area contributed by atoms with E-state index in [2.05, 4.69) is 31.9 Å². The Labute approximate surface area is 354 Å². The molecule has 0 spiro atoms. The van der Waals surface area contributed by atoms with Crippen LogP contribution in [0.25, 0.3) is 0 Å². The van der Waals surface area contributed by atoms with Gasteiger partial charge in [0.1, 0.15) is 0 Å². The molecular formula is C45H45F4N7O6. The quantitative estimate of drug-likeness (QED) is 0.0364. The van der Waals surface area contributed by atoms with E-state index in [1.807, 2.05) is 31.2 Å². The molecule has 6 rings (SSSR count). The molecular weight excluding hydrogens is 811 g/mol. The summed E-state index contributed by atoms with van der Waals surface area (Å²) in [6.07, 6.45) is 1.22. The van der Waals surface area contributed by atoms with E-state index in [1.54, 1.807) is 36.4 Å². The molecule has 324 valence electrons. The maximum Gasteiger partial charge on any atom is 0.416 e. The number of anilines is 4. The molecule has 0 aromatic heterocycles. The van der Waals surface area contributed by atoms with Crippen LogP contribution in [0, 0.1) is 22.9 Å². The van der Waals surface area contributed by atoms with E-state index in [0.717, 1.165) is 48.2 Å². The number of rotatable bonds is 14. The largest absolute Gasteiger partial charge is 0.416 e. The van der Waals surface area contributed by atoms with Gasteiger partial charge in [0, 0.05) is 41.3 Å². The molecule has 1 saturated carbocycles. The lowest BCUT2D eigenvalue weighted by Gasteiger charge is -2.22. The SMILES string of the molecule is Cc1ccc(CNC(=O)c2ccccc2NC(=O)CNc2ccc(F)c([N+](=O)[O-])c2)cc1.O=C(CNC1CCCCC1)Nc1cccc(C(=O)Nc2cccc(C(F)(F)F)c2)c1. The summed E-state index contributed by atoms with van der Waals surface area (Å²) in [5, 5.41) is 27.4. The summed E-state index contributed by atoms with van der Waals surface area (Å²) in [5.41, 5.74) is 2.10. The molecule has 5 aromatic rings. The minimum absolute atomic E-state index is 0.0425. The number of hydrogen-bond acceptors (Lipinski definition) is 8. The van der Waals surface area contributed by atoms with E-state index >= 15 is 0 Å². The predicted molar refractivity (Wildman–Crippen MR) is 228 cm³/mol. The second-order valence-corrected chi connectivity index (χ2v) is 14.4. The molecule has 1 aliphatic carbocycles. The molecule has 62 heavy (non-hydrogen) atoms. The standard InChI is InChI=1S/C23H21FN4O4.C22H24F3N3O2/c1-15-6-8-16(9-7-15)13-26-23(30)18-4-2-3-5-20(18)27-22(29)14-25-17-10-11-19(24)21(12-17)28(31)32;23-22(24,25)16-7-5-11-19(13-16)28-21(30)15-6-4-10-18(12-15)27-20(29)14-26-17-8-2-1-3-9-17/h2-12,25H,13-14H2,1H3,(H,26,30)(H,27,29);4-7,10-13,17,26H,1-3,8-9,14H2,(H,27,29)(H,28,30). The van der Waals surface area contributed by atoms with Gasteiger partial charge in [-0.05, 0) is 86.0 Å². The van der Waals surface area contributed by atoms with E-state index in [0.29, 0.717) is 29.5 Å². The molecule has 4 amide bonds. The third-order valence-electron chi connectivity index (χ3n) is 9.63. The van der Waals surface area contributed by atoms with Gasteiger partial charge in [-0.15, -0.1) is 0 Å². The van der Waals surface area contributed by atoms with Gasteiger partial charge in [-0.25, -0.2) is 0 Å². The van der Waals surface area contributed by atoms with Crippen molar-refractivity contribution >= 4 is 52.1 Å². The summed E-state index contributed by atoms with van der Waals surface area (Å²) in [7, 11) is 0. The molecule has 1 aliphatic rings. The number of benzene rings is 5. The molecule has 1 fully saturated rings. The molecule has 5 aromatic carbocycles. The first-order valence-electron chi connectivity index (χ1n) is 19.7. The minimum Gasteiger partial charge on any atom is -0.376 e. The van der Waals surface area contributed by atoms with Gasteiger partial charge < -0.3 is 31.9 Å². The molecule has 13 nitrogen and oxygen atoms in total. The number of nitrogens with zero attached hydrogens (tertiary/aromatic N) is 1. The lowest BCUT2D eigenvalue weighted by atomic mass is 9.95. The lowest BCUT2D eigenvalue weighted by molar-refractivity contribution is -0.387. The van der Waals surface area contributed by atoms with Crippen LogP contribution in [0.1, 0.15) is 69.5 Å². The van der Waals surface area contributed by atoms with Crippen molar-refractivity contribution in [2.45, 2.75) is 57.8 Å². The highest BCUT2D eigenvalue weighted by Crippen LogP contribution is 2.31. The molecule has 0 heterocycles. The number of para-hydroxylation sites is 1. The Kier molecular flexibility index (Phi) is 16.2. The molecule has 0 atom stereocenters. The van der Waals surface area contributed by atoms with Gasteiger partial charge >= 0.3 is 11.9 Å². The summed E-state index contributed by atoms with van der Waals surface area (Å²) >= 11 is 0. The fourth-order valence-corrected chi connectivity index (χ4v) is 6.38. The fourth-order valence-electron chi connectivity index (χ4n) is 6.38. The molecule has 6 N–H and O–H groups in total. The molecule has 17 heteroatoms. The average molecular weight is 856 g/mol. The number of halogens is 4. The van der Waals surface area contributed by atoms with E-state index in [1.165, 1.54) is 49.6 Å². The Balaban J connectivity index is 0.000000235. The Bertz CT molecular complexity index is 2370. The Morgan fingerprint density at radius 3 is 2.10 bits per heavy atom. The minimum atomic E-state index is -4.49. The van der Waals surface area contributed by atoms with E-state index < -0.39 is 40.0 Å². The third-order valence-corrected chi connectivity index (χ3v) is 9.63. The van der Waals surface area contributed by atoms with Crippen LogP contribution in [-0.4, -0.2) is 47.7 Å². The van der Waals surface area contributed by atoms with Crippen molar-refractivity contribution in [3.8, 4) is 0 Å². The Hall–Kier alpha value is -7.14. The number of carbonyl (C=O) groups is 4. The highest BCUT2D eigenvalue weighted by atomic mass is 19.4. The van der Waals surface area contributed by atoms with Crippen molar-refractivity contribution in [1.29, 1.82) is 0 Å². The monoisotopic (exact) mass is 855 g/mol. The first kappa shape index (κ1) is 45.9. The van der Waals surface area contributed by atoms with Crippen molar-refractivity contribution in [3.05, 3.63) is 159 Å². The van der Waals surface area contributed by atoms with Gasteiger partial charge in [-0.2, -0.15) is 17.6 Å². The van der Waals surface area contributed by atoms with E-state index in [9.17, 15) is 46.9 Å². The van der Waals surface area contributed by atoms with Crippen LogP contribution in [0.15, 0.2) is 115 Å². The normalized spacial score (nSPS) is 12.5. The van der Waals surface area contributed by atoms with Gasteiger partial charge in [0.15, 0.2) is 0 Å². The molecule has 0 unspecified atom stereocenters. The number of nitro benzene ring substituents is 1. The van der Waals surface area contributed by atoms with Crippen molar-refractivity contribution in [2.75, 3.05) is 34.4 Å². The number of hydrogen-bond donors (Lipinski definition) is 6. The van der Waals surface area contributed by atoms with Crippen molar-refractivity contribution in [3.63, 3.8) is 0 Å². The van der Waals surface area contributed by atoms with Crippen molar-refractivity contribution < 1.29 is 41.7 Å². The predicted octanol–water partition coefficient (Wildman–Crippen LogP) is 8.84. The van der Waals surface area contributed by atoms with Gasteiger partial charge in [-0.3, -0.25) is 29.3 Å². The van der Waals surface area contributed by atoms with Crippen LogP contribution in [0.5, 0.6) is 0 Å². The number of alkyl halides is 3. The number of nitrogens with one attached hydrogen (secondary N) is 6. The topological polar surface area (TPSA) is 184 Å². The Morgan fingerprint density at radius 1 is 0.710 bits per heavy atom. The summed E-state index contributed by atoms with van der Waals surface area (Å²) in [6, 6.07) is 28.6. The zero-order chi connectivity index (χ0) is 44.6. The number of amides is 4. The fraction of sp³-hybridized carbons (Fsp3) is 0.244. The third kappa shape index (κ3) is 14.3. The highest BCUT2D eigenvalue weighted by Gasteiger charge is 2.30. The average Bonchev–Trinajstić information content (AvgIpc) is 3.25. The summed E-state index contributed by atoms with van der Waals surface area (Å²) < 4.78 is 51.9. The van der Waals surface area contributed by atoms with Crippen molar-refractivity contribution in [2.24, 2.45) is 0 Å². The molecule has 0 saturated heterocycles. The summed E-state index contributed by atoms with van der Waals surface area (Å²) in [6.45, 7) is 2.27. The first-order valence-corrected chi connectivity index (χ1v) is 19.7. The first-order chi connectivity index (χ1) is 29.6. The summed E-state index contributed by atoms with van der Waals surface area (Å²) in [5.74, 6) is -2.56. The van der Waals surface area contributed by atoms with Gasteiger partial charge in [0.05, 0.1) is 34.8 Å². The van der Waals surface area contributed by atoms with E-state index in [-0.39, 0.29) is 41.8 Å². The number of aryl methyl sites for hydroxylation is 1. The zero-order valence-corrected chi connectivity index (χ0v) is 33.6. The zero-order valence-electron chi connectivity index (χ0n) is 33.6. The molecule has 0 aliphatic heterocycles. The van der Waals surface area contributed by atoms with Crippen LogP contribution >= 0.6 is 0 Å². The highest BCUT2D eigenvalue weighted by molar-refractivity contribution is 6.06. The van der Waals surface area contributed by atoms with Crippen LogP contribution < -0.4 is 31.9 Å². The van der Waals surface area contributed by atoms with Crippen molar-refractivity contribution in [1.82, 2.24) is 10.6 Å². The van der Waals surface area contributed by atoms with Crippen LogP contribution in [0.4, 0.5) is 46.0 Å².